The summed E-state index contributed by atoms with van der Waals surface area (Å²) in [5.74, 6) is 0.150. The number of nitrogens with zero attached hydrogens (tertiary/aromatic N) is 2. The van der Waals surface area contributed by atoms with Crippen molar-refractivity contribution in [3.8, 4) is 11.5 Å². The topological polar surface area (TPSA) is 71.1 Å². The molecular weight excluding hydrogens is 358 g/mol. The summed E-state index contributed by atoms with van der Waals surface area (Å²) in [7, 11) is 3.16. The number of hydrogen-bond acceptors (Lipinski definition) is 5. The van der Waals surface area contributed by atoms with Gasteiger partial charge >= 0.3 is 11.8 Å². The third kappa shape index (κ3) is 4.36. The summed E-state index contributed by atoms with van der Waals surface area (Å²) in [6, 6.07) is 13.2. The van der Waals surface area contributed by atoms with Gasteiger partial charge in [0.2, 0.25) is 0 Å². The van der Waals surface area contributed by atoms with E-state index in [1.165, 1.54) is 7.11 Å². The summed E-state index contributed by atoms with van der Waals surface area (Å²) < 4.78 is 10.4. The van der Waals surface area contributed by atoms with E-state index in [1.807, 2.05) is 37.3 Å². The van der Waals surface area contributed by atoms with E-state index in [-0.39, 0.29) is 0 Å². The van der Waals surface area contributed by atoms with Gasteiger partial charge in [-0.05, 0) is 48.9 Å². The molecule has 0 radical (unpaired) electrons. The van der Waals surface area contributed by atoms with Crippen LogP contribution in [-0.2, 0) is 9.59 Å². The molecule has 0 unspecified atom stereocenters. The molecule has 0 aliphatic carbocycles. The van der Waals surface area contributed by atoms with Crippen LogP contribution in [0.1, 0.15) is 5.56 Å². The first-order valence-corrected chi connectivity index (χ1v) is 9.15. The average molecular weight is 383 g/mol. The smallest absolute Gasteiger partial charge is 0.314 e. The van der Waals surface area contributed by atoms with E-state index in [9.17, 15) is 9.59 Å². The van der Waals surface area contributed by atoms with Crippen molar-refractivity contribution in [2.24, 2.45) is 0 Å². The van der Waals surface area contributed by atoms with E-state index < -0.39 is 11.8 Å². The van der Waals surface area contributed by atoms with Gasteiger partial charge in [0.05, 0.1) is 19.9 Å². The second kappa shape index (κ2) is 8.65. The maximum Gasteiger partial charge on any atom is 0.314 e. The number of carbonyl (C=O) groups excluding carboxylic acids is 2. The molecule has 2 aromatic carbocycles. The van der Waals surface area contributed by atoms with Gasteiger partial charge in [0.15, 0.2) is 0 Å². The van der Waals surface area contributed by atoms with Crippen molar-refractivity contribution in [2.75, 3.05) is 50.6 Å². The third-order valence-electron chi connectivity index (χ3n) is 4.80. The molecule has 1 aliphatic rings. The number of ether oxygens (including phenoxy) is 2. The Morgan fingerprint density at radius 1 is 0.929 bits per heavy atom. The minimum absolute atomic E-state index is 0.489. The molecule has 1 heterocycles. The quantitative estimate of drug-likeness (QED) is 0.821. The number of hydrogen-bond donors (Lipinski definition) is 1. The van der Waals surface area contributed by atoms with E-state index >= 15 is 0 Å². The zero-order valence-electron chi connectivity index (χ0n) is 16.4. The molecule has 148 valence electrons. The second-order valence-corrected chi connectivity index (χ2v) is 6.64. The molecule has 1 N–H and O–H groups in total. The lowest BCUT2D eigenvalue weighted by molar-refractivity contribution is -0.143. The molecule has 1 saturated heterocycles. The Hall–Kier alpha value is -3.22. The van der Waals surface area contributed by atoms with Crippen molar-refractivity contribution >= 4 is 23.2 Å². The predicted octanol–water partition coefficient (Wildman–Crippen LogP) is 2.30. The lowest BCUT2D eigenvalue weighted by Crippen LogP contribution is -2.51. The van der Waals surface area contributed by atoms with Crippen LogP contribution in [0, 0.1) is 6.92 Å². The number of aryl methyl sites for hydroxylation is 1. The molecule has 0 saturated carbocycles. The lowest BCUT2D eigenvalue weighted by atomic mass is 10.2. The monoisotopic (exact) mass is 383 g/mol. The molecule has 3 rings (SSSR count). The average Bonchev–Trinajstić information content (AvgIpc) is 2.73. The number of anilines is 2. The van der Waals surface area contributed by atoms with E-state index in [1.54, 1.807) is 24.1 Å². The van der Waals surface area contributed by atoms with Crippen molar-refractivity contribution in [3.63, 3.8) is 0 Å². The van der Waals surface area contributed by atoms with Gasteiger partial charge in [-0.1, -0.05) is 6.07 Å². The molecule has 2 amide bonds. The SMILES string of the molecule is COc1ccc(N2CCN(C(=O)C(=O)Nc3cc(C)ccc3OC)CC2)cc1. The van der Waals surface area contributed by atoms with Crippen LogP contribution in [0.4, 0.5) is 11.4 Å². The fourth-order valence-corrected chi connectivity index (χ4v) is 3.20. The first-order chi connectivity index (χ1) is 13.5. The Balaban J connectivity index is 1.58. The maximum absolute atomic E-state index is 12.6. The van der Waals surface area contributed by atoms with Crippen LogP contribution in [0.2, 0.25) is 0 Å². The van der Waals surface area contributed by atoms with E-state index in [2.05, 4.69) is 10.2 Å². The molecule has 0 aromatic heterocycles. The summed E-state index contributed by atoms with van der Waals surface area (Å²) in [4.78, 5) is 28.7. The highest BCUT2D eigenvalue weighted by molar-refractivity contribution is 6.39. The second-order valence-electron chi connectivity index (χ2n) is 6.64. The third-order valence-corrected chi connectivity index (χ3v) is 4.80. The summed E-state index contributed by atoms with van der Waals surface area (Å²) in [6.45, 7) is 4.22. The predicted molar refractivity (Wildman–Crippen MR) is 108 cm³/mol. The summed E-state index contributed by atoms with van der Waals surface area (Å²) in [5.41, 5.74) is 2.54. The van der Waals surface area contributed by atoms with Crippen LogP contribution in [-0.4, -0.2) is 57.1 Å². The Morgan fingerprint density at radius 2 is 1.61 bits per heavy atom. The molecular formula is C21H25N3O4. The van der Waals surface area contributed by atoms with Crippen molar-refractivity contribution in [1.82, 2.24) is 4.90 Å². The molecule has 7 heteroatoms. The van der Waals surface area contributed by atoms with Crippen LogP contribution in [0.25, 0.3) is 0 Å². The first kappa shape index (κ1) is 19.5. The van der Waals surface area contributed by atoms with Gasteiger partial charge in [-0.2, -0.15) is 0 Å². The molecule has 2 aromatic rings. The molecule has 1 fully saturated rings. The normalized spacial score (nSPS) is 13.8. The molecule has 0 bridgehead atoms. The van der Waals surface area contributed by atoms with E-state index in [0.29, 0.717) is 37.6 Å². The van der Waals surface area contributed by atoms with Crippen LogP contribution >= 0.6 is 0 Å². The van der Waals surface area contributed by atoms with Gasteiger partial charge in [-0.15, -0.1) is 0 Å². The highest BCUT2D eigenvalue weighted by Crippen LogP contribution is 2.25. The first-order valence-electron chi connectivity index (χ1n) is 9.15. The van der Waals surface area contributed by atoms with Crippen LogP contribution in [0.5, 0.6) is 11.5 Å². The minimum Gasteiger partial charge on any atom is -0.497 e. The zero-order chi connectivity index (χ0) is 20.1. The Morgan fingerprint density at radius 3 is 2.21 bits per heavy atom. The highest BCUT2D eigenvalue weighted by atomic mass is 16.5. The van der Waals surface area contributed by atoms with Gasteiger partial charge in [0, 0.05) is 31.9 Å². The van der Waals surface area contributed by atoms with Gasteiger partial charge in [0.25, 0.3) is 0 Å². The molecule has 0 spiro atoms. The van der Waals surface area contributed by atoms with Crippen molar-refractivity contribution in [3.05, 3.63) is 48.0 Å². The summed E-state index contributed by atoms with van der Waals surface area (Å²) in [6.07, 6.45) is 0. The molecule has 1 aliphatic heterocycles. The number of rotatable bonds is 4. The lowest BCUT2D eigenvalue weighted by Gasteiger charge is -2.35. The minimum atomic E-state index is -0.651. The largest absolute Gasteiger partial charge is 0.497 e. The van der Waals surface area contributed by atoms with Crippen molar-refractivity contribution in [2.45, 2.75) is 6.92 Å². The maximum atomic E-state index is 12.6. The number of benzene rings is 2. The van der Waals surface area contributed by atoms with E-state index in [4.69, 9.17) is 9.47 Å². The number of piperazine rings is 1. The molecule has 0 atom stereocenters. The van der Waals surface area contributed by atoms with Crippen LogP contribution in [0.15, 0.2) is 42.5 Å². The standard InChI is InChI=1S/C21H25N3O4/c1-15-4-9-19(28-3)18(14-15)22-20(25)21(26)24-12-10-23(11-13-24)16-5-7-17(27-2)8-6-16/h4-9,14H,10-13H2,1-3H3,(H,22,25). The Labute approximate surface area is 164 Å². The van der Waals surface area contributed by atoms with Gasteiger partial charge in [-0.25, -0.2) is 0 Å². The fourth-order valence-electron chi connectivity index (χ4n) is 3.20. The van der Waals surface area contributed by atoms with Gasteiger partial charge < -0.3 is 24.6 Å². The van der Waals surface area contributed by atoms with Crippen molar-refractivity contribution in [1.29, 1.82) is 0 Å². The Kier molecular flexibility index (Phi) is 6.03. The highest BCUT2D eigenvalue weighted by Gasteiger charge is 2.26. The summed E-state index contributed by atoms with van der Waals surface area (Å²) >= 11 is 0. The zero-order valence-corrected chi connectivity index (χ0v) is 16.4. The van der Waals surface area contributed by atoms with Gasteiger partial charge in [0.1, 0.15) is 11.5 Å². The number of nitrogens with one attached hydrogen (secondary N) is 1. The number of methoxy groups -OCH3 is 2. The Bertz CT molecular complexity index is 843. The molecule has 7 nitrogen and oxygen atoms in total. The van der Waals surface area contributed by atoms with E-state index in [0.717, 1.165) is 17.0 Å². The summed E-state index contributed by atoms with van der Waals surface area (Å²) in [5, 5.41) is 2.67. The van der Waals surface area contributed by atoms with Gasteiger partial charge in [-0.3, -0.25) is 9.59 Å². The molecule has 28 heavy (non-hydrogen) atoms. The van der Waals surface area contributed by atoms with Crippen LogP contribution in [0.3, 0.4) is 0 Å². The number of carbonyl (C=O) groups is 2. The fraction of sp³-hybridized carbons (Fsp3) is 0.333. The van der Waals surface area contributed by atoms with Crippen molar-refractivity contribution < 1.29 is 19.1 Å². The number of amides is 2. The van der Waals surface area contributed by atoms with Crippen LogP contribution < -0.4 is 19.7 Å².